The topological polar surface area (TPSA) is 99.4 Å². The Morgan fingerprint density at radius 2 is 1.80 bits per heavy atom. The number of hydrogen-bond donors (Lipinski definition) is 0. The number of methoxy groups -OCH3 is 2. The molecular formula is C11H19N5O4. The summed E-state index contributed by atoms with van der Waals surface area (Å²) in [5.41, 5.74) is 0. The Labute approximate surface area is 116 Å². The molecule has 0 atom stereocenters. The fraction of sp³-hybridized carbons (Fsp3) is 0.727. The minimum absolute atomic E-state index is 0.0371. The summed E-state index contributed by atoms with van der Waals surface area (Å²) < 4.78 is 10.8. The van der Waals surface area contributed by atoms with Crippen molar-refractivity contribution in [1.29, 1.82) is 0 Å². The quantitative estimate of drug-likeness (QED) is 0.574. The van der Waals surface area contributed by atoms with Gasteiger partial charge in [0.1, 0.15) is 0 Å². The molecule has 0 N–H and O–H groups in total. The lowest BCUT2D eigenvalue weighted by atomic mass is 10.4. The van der Waals surface area contributed by atoms with E-state index in [0.29, 0.717) is 12.4 Å². The SMILES string of the molecule is CCCn1nnnc1CN(CC(=O)OC)CC(=O)OC. The number of ether oxygens (including phenoxy) is 2. The third-order valence-corrected chi connectivity index (χ3v) is 2.57. The van der Waals surface area contributed by atoms with Gasteiger partial charge in [-0.2, -0.15) is 0 Å². The van der Waals surface area contributed by atoms with Gasteiger partial charge < -0.3 is 9.47 Å². The van der Waals surface area contributed by atoms with Crippen LogP contribution in [-0.2, 0) is 32.2 Å². The predicted molar refractivity (Wildman–Crippen MR) is 67.4 cm³/mol. The Balaban J connectivity index is 2.74. The van der Waals surface area contributed by atoms with Crippen LogP contribution < -0.4 is 0 Å². The Bertz CT molecular complexity index is 430. The first-order valence-electron chi connectivity index (χ1n) is 6.21. The fourth-order valence-corrected chi connectivity index (χ4v) is 1.58. The van der Waals surface area contributed by atoms with E-state index in [-0.39, 0.29) is 19.6 Å². The molecular weight excluding hydrogens is 266 g/mol. The molecule has 20 heavy (non-hydrogen) atoms. The molecule has 112 valence electrons. The Hall–Kier alpha value is -2.03. The molecule has 1 heterocycles. The maximum absolute atomic E-state index is 11.4. The van der Waals surface area contributed by atoms with Crippen molar-refractivity contribution in [2.45, 2.75) is 26.4 Å². The zero-order valence-electron chi connectivity index (χ0n) is 11.9. The minimum Gasteiger partial charge on any atom is -0.468 e. The Morgan fingerprint density at radius 3 is 2.30 bits per heavy atom. The highest BCUT2D eigenvalue weighted by atomic mass is 16.5. The normalized spacial score (nSPS) is 10.6. The largest absolute Gasteiger partial charge is 0.468 e. The van der Waals surface area contributed by atoms with E-state index in [0.717, 1.165) is 6.42 Å². The highest BCUT2D eigenvalue weighted by Crippen LogP contribution is 2.02. The molecule has 0 spiro atoms. The van der Waals surface area contributed by atoms with Crippen LogP contribution in [-0.4, -0.2) is 64.4 Å². The number of tetrazole rings is 1. The van der Waals surface area contributed by atoms with E-state index in [1.165, 1.54) is 14.2 Å². The molecule has 0 aliphatic heterocycles. The first kappa shape index (κ1) is 16.0. The summed E-state index contributed by atoms with van der Waals surface area (Å²) >= 11 is 0. The molecule has 0 saturated carbocycles. The lowest BCUT2D eigenvalue weighted by Gasteiger charge is -2.18. The summed E-state index contributed by atoms with van der Waals surface area (Å²) in [5.74, 6) is -0.300. The summed E-state index contributed by atoms with van der Waals surface area (Å²) in [5, 5.41) is 11.3. The van der Waals surface area contributed by atoms with Crippen molar-refractivity contribution in [3.8, 4) is 0 Å². The predicted octanol–water partition coefficient (Wildman–Crippen LogP) is -0.769. The Morgan fingerprint density at radius 1 is 1.20 bits per heavy atom. The van der Waals surface area contributed by atoms with E-state index < -0.39 is 11.9 Å². The molecule has 0 fully saturated rings. The molecule has 1 aromatic heterocycles. The number of rotatable bonds is 8. The van der Waals surface area contributed by atoms with Crippen molar-refractivity contribution in [3.05, 3.63) is 5.82 Å². The van der Waals surface area contributed by atoms with Crippen LogP contribution >= 0.6 is 0 Å². The molecule has 0 bridgehead atoms. The van der Waals surface area contributed by atoms with Gasteiger partial charge in [0, 0.05) is 6.54 Å². The molecule has 0 aliphatic rings. The van der Waals surface area contributed by atoms with Crippen LogP contribution in [0, 0.1) is 0 Å². The van der Waals surface area contributed by atoms with Gasteiger partial charge in [0.05, 0.1) is 33.9 Å². The maximum Gasteiger partial charge on any atom is 0.319 e. The van der Waals surface area contributed by atoms with Gasteiger partial charge in [-0.05, 0) is 16.8 Å². The third kappa shape index (κ3) is 4.92. The van der Waals surface area contributed by atoms with Crippen LogP contribution in [0.2, 0.25) is 0 Å². The Kier molecular flexibility index (Phi) is 6.57. The summed E-state index contributed by atoms with van der Waals surface area (Å²) in [6.07, 6.45) is 0.881. The van der Waals surface area contributed by atoms with Crippen molar-refractivity contribution in [3.63, 3.8) is 0 Å². The second-order valence-corrected chi connectivity index (χ2v) is 4.12. The summed E-state index contributed by atoms with van der Waals surface area (Å²) in [4.78, 5) is 24.3. The summed E-state index contributed by atoms with van der Waals surface area (Å²) in [6, 6.07) is 0. The van der Waals surface area contributed by atoms with Crippen LogP contribution in [0.25, 0.3) is 0 Å². The smallest absolute Gasteiger partial charge is 0.319 e. The van der Waals surface area contributed by atoms with Crippen LogP contribution in [0.1, 0.15) is 19.2 Å². The van der Waals surface area contributed by atoms with E-state index in [2.05, 4.69) is 25.0 Å². The van der Waals surface area contributed by atoms with Gasteiger partial charge in [0.25, 0.3) is 0 Å². The van der Waals surface area contributed by atoms with Crippen LogP contribution in [0.4, 0.5) is 0 Å². The summed E-state index contributed by atoms with van der Waals surface area (Å²) in [6.45, 7) is 2.87. The van der Waals surface area contributed by atoms with E-state index in [9.17, 15) is 9.59 Å². The highest BCUT2D eigenvalue weighted by molar-refractivity contribution is 5.74. The van der Waals surface area contributed by atoms with Gasteiger partial charge in [-0.1, -0.05) is 6.92 Å². The number of carbonyl (C=O) groups is 2. The standard InChI is InChI=1S/C11H19N5O4/c1-4-5-16-9(12-13-14-16)6-15(7-10(17)19-2)8-11(18)20-3/h4-8H2,1-3H3. The summed E-state index contributed by atoms with van der Waals surface area (Å²) in [7, 11) is 2.58. The zero-order chi connectivity index (χ0) is 15.0. The molecule has 0 radical (unpaired) electrons. The van der Waals surface area contributed by atoms with E-state index >= 15 is 0 Å². The van der Waals surface area contributed by atoms with Gasteiger partial charge >= 0.3 is 11.9 Å². The molecule has 0 aromatic carbocycles. The van der Waals surface area contributed by atoms with E-state index in [1.807, 2.05) is 6.92 Å². The second-order valence-electron chi connectivity index (χ2n) is 4.12. The van der Waals surface area contributed by atoms with Crippen LogP contribution in [0.15, 0.2) is 0 Å². The number of aryl methyl sites for hydroxylation is 1. The van der Waals surface area contributed by atoms with Crippen LogP contribution in [0.5, 0.6) is 0 Å². The number of hydrogen-bond acceptors (Lipinski definition) is 8. The van der Waals surface area contributed by atoms with Crippen molar-refractivity contribution in [2.24, 2.45) is 0 Å². The molecule has 0 aliphatic carbocycles. The minimum atomic E-state index is -0.441. The monoisotopic (exact) mass is 285 g/mol. The molecule has 0 saturated heterocycles. The first-order valence-corrected chi connectivity index (χ1v) is 6.21. The van der Waals surface area contributed by atoms with Gasteiger partial charge in [-0.25, -0.2) is 4.68 Å². The molecule has 9 heteroatoms. The van der Waals surface area contributed by atoms with Crippen molar-refractivity contribution >= 4 is 11.9 Å². The first-order chi connectivity index (χ1) is 9.60. The molecule has 0 amide bonds. The van der Waals surface area contributed by atoms with Gasteiger partial charge in [0.15, 0.2) is 5.82 Å². The van der Waals surface area contributed by atoms with Crippen molar-refractivity contribution in [1.82, 2.24) is 25.1 Å². The number of esters is 2. The van der Waals surface area contributed by atoms with E-state index in [4.69, 9.17) is 0 Å². The van der Waals surface area contributed by atoms with Gasteiger partial charge in [-0.15, -0.1) is 5.10 Å². The molecule has 0 unspecified atom stereocenters. The molecule has 1 aromatic rings. The van der Waals surface area contributed by atoms with Crippen molar-refractivity contribution in [2.75, 3.05) is 27.3 Å². The van der Waals surface area contributed by atoms with Gasteiger partial charge in [0.2, 0.25) is 0 Å². The number of aromatic nitrogens is 4. The van der Waals surface area contributed by atoms with Gasteiger partial charge in [-0.3, -0.25) is 14.5 Å². The highest BCUT2D eigenvalue weighted by Gasteiger charge is 2.18. The fourth-order valence-electron chi connectivity index (χ4n) is 1.58. The molecule has 9 nitrogen and oxygen atoms in total. The molecule has 1 rings (SSSR count). The average molecular weight is 285 g/mol. The van der Waals surface area contributed by atoms with Crippen LogP contribution in [0.3, 0.4) is 0 Å². The second kappa shape index (κ2) is 8.20. The lowest BCUT2D eigenvalue weighted by Crippen LogP contribution is -2.36. The lowest BCUT2D eigenvalue weighted by molar-refractivity contribution is -0.145. The third-order valence-electron chi connectivity index (χ3n) is 2.57. The number of carbonyl (C=O) groups excluding carboxylic acids is 2. The maximum atomic E-state index is 11.4. The van der Waals surface area contributed by atoms with Crippen molar-refractivity contribution < 1.29 is 19.1 Å². The zero-order valence-corrected chi connectivity index (χ0v) is 11.9. The average Bonchev–Trinajstić information content (AvgIpc) is 2.86. The van der Waals surface area contributed by atoms with E-state index in [1.54, 1.807) is 9.58 Å². The number of nitrogens with zero attached hydrogens (tertiary/aromatic N) is 5.